The van der Waals surface area contributed by atoms with Crippen LogP contribution in [0.2, 0.25) is 0 Å². The van der Waals surface area contributed by atoms with Crippen LogP contribution in [0.5, 0.6) is 0 Å². The highest BCUT2D eigenvalue weighted by atomic mass is 16.6. The molecule has 2 heterocycles. The van der Waals surface area contributed by atoms with Crippen LogP contribution in [-0.4, -0.2) is 21.2 Å². The van der Waals surface area contributed by atoms with E-state index in [1.807, 2.05) is 52.1 Å². The third-order valence-electron chi connectivity index (χ3n) is 5.21. The van der Waals surface area contributed by atoms with Crippen molar-refractivity contribution in [3.8, 4) is 0 Å². The predicted molar refractivity (Wildman–Crippen MR) is 103 cm³/mol. The SMILES string of the molecule is CC[C@H](C)[C@H]1c2c(c(=O)c3ccccc3n2C)CN1C(=O)OC(C)(C)C. The van der Waals surface area contributed by atoms with Gasteiger partial charge in [-0.25, -0.2) is 4.79 Å². The summed E-state index contributed by atoms with van der Waals surface area (Å²) in [6, 6.07) is 7.47. The molecule has 1 aromatic heterocycles. The zero-order valence-electron chi connectivity index (χ0n) is 16.5. The summed E-state index contributed by atoms with van der Waals surface area (Å²) in [5, 5.41) is 0.697. The number of aryl methyl sites for hydroxylation is 1. The molecule has 0 unspecified atom stereocenters. The van der Waals surface area contributed by atoms with Crippen LogP contribution < -0.4 is 5.43 Å². The van der Waals surface area contributed by atoms with Crippen molar-refractivity contribution < 1.29 is 9.53 Å². The van der Waals surface area contributed by atoms with Crippen molar-refractivity contribution in [2.45, 2.75) is 59.2 Å². The van der Waals surface area contributed by atoms with E-state index < -0.39 is 5.60 Å². The molecule has 0 saturated heterocycles. The molecule has 1 aromatic carbocycles. The number of para-hydroxylation sites is 1. The number of pyridine rings is 1. The zero-order chi connectivity index (χ0) is 19.2. The quantitative estimate of drug-likeness (QED) is 0.802. The molecule has 1 amide bonds. The standard InChI is InChI=1S/C21H28N2O3/c1-7-13(2)17-18-15(12-23(17)20(25)26-21(3,4)5)19(24)14-10-8-9-11-16(14)22(18)6/h8-11,13,17H,7,12H2,1-6H3/t13-,17-/m0/s1. The molecule has 0 bridgehead atoms. The minimum atomic E-state index is -0.570. The first kappa shape index (κ1) is 18.5. The Balaban J connectivity index is 2.19. The van der Waals surface area contributed by atoms with E-state index in [1.54, 1.807) is 4.90 Å². The Morgan fingerprint density at radius 1 is 1.31 bits per heavy atom. The second-order valence-corrected chi connectivity index (χ2v) is 8.21. The number of rotatable bonds is 2. The number of ether oxygens (including phenoxy) is 1. The van der Waals surface area contributed by atoms with Crippen LogP contribution in [0.15, 0.2) is 29.1 Å². The first-order valence-electron chi connectivity index (χ1n) is 9.25. The Bertz CT molecular complexity index is 908. The highest BCUT2D eigenvalue weighted by molar-refractivity contribution is 5.81. The second kappa shape index (κ2) is 6.45. The van der Waals surface area contributed by atoms with Crippen LogP contribution >= 0.6 is 0 Å². The number of carbonyl (C=O) groups is 1. The van der Waals surface area contributed by atoms with Crippen LogP contribution in [0.3, 0.4) is 0 Å². The van der Waals surface area contributed by atoms with E-state index in [9.17, 15) is 9.59 Å². The molecule has 26 heavy (non-hydrogen) atoms. The lowest BCUT2D eigenvalue weighted by atomic mass is 9.94. The van der Waals surface area contributed by atoms with Gasteiger partial charge in [-0.05, 0) is 38.8 Å². The molecule has 140 valence electrons. The van der Waals surface area contributed by atoms with Crippen molar-refractivity contribution in [3.63, 3.8) is 0 Å². The number of carbonyl (C=O) groups excluding carboxylic acids is 1. The minimum Gasteiger partial charge on any atom is -0.444 e. The van der Waals surface area contributed by atoms with Crippen molar-refractivity contribution >= 4 is 17.0 Å². The maximum atomic E-state index is 13.1. The van der Waals surface area contributed by atoms with Crippen LogP contribution in [0.25, 0.3) is 10.9 Å². The fraction of sp³-hybridized carbons (Fsp3) is 0.524. The van der Waals surface area contributed by atoms with Gasteiger partial charge in [-0.2, -0.15) is 0 Å². The van der Waals surface area contributed by atoms with E-state index in [1.165, 1.54) is 0 Å². The molecule has 0 radical (unpaired) electrons. The summed E-state index contributed by atoms with van der Waals surface area (Å²) in [5.74, 6) is 0.218. The van der Waals surface area contributed by atoms with Crippen molar-refractivity contribution in [3.05, 3.63) is 45.7 Å². The molecule has 0 spiro atoms. The summed E-state index contributed by atoms with van der Waals surface area (Å²) in [4.78, 5) is 27.7. The molecule has 1 aliphatic heterocycles. The van der Waals surface area contributed by atoms with E-state index in [2.05, 4.69) is 18.4 Å². The number of amides is 1. The summed E-state index contributed by atoms with van der Waals surface area (Å²) in [6.45, 7) is 10.1. The second-order valence-electron chi connectivity index (χ2n) is 8.21. The van der Waals surface area contributed by atoms with Crippen molar-refractivity contribution in [2.24, 2.45) is 13.0 Å². The summed E-state index contributed by atoms with van der Waals surface area (Å²) in [5.41, 5.74) is 2.00. The highest BCUT2D eigenvalue weighted by Crippen LogP contribution is 2.40. The molecule has 0 aliphatic carbocycles. The first-order chi connectivity index (χ1) is 12.2. The van der Waals surface area contributed by atoms with Gasteiger partial charge in [-0.15, -0.1) is 0 Å². The lowest BCUT2D eigenvalue weighted by molar-refractivity contribution is 0.0111. The molecule has 5 heteroatoms. The third-order valence-corrected chi connectivity index (χ3v) is 5.21. The van der Waals surface area contributed by atoms with Gasteiger partial charge in [0.2, 0.25) is 0 Å². The van der Waals surface area contributed by atoms with Crippen LogP contribution in [0.1, 0.15) is 58.3 Å². The summed E-state index contributed by atoms with van der Waals surface area (Å²) in [6.07, 6.45) is 0.548. The fourth-order valence-corrected chi connectivity index (χ4v) is 3.81. The molecule has 0 N–H and O–H groups in total. The van der Waals surface area contributed by atoms with Gasteiger partial charge in [0.05, 0.1) is 18.1 Å². The molecule has 5 nitrogen and oxygen atoms in total. The molecule has 0 fully saturated rings. The summed E-state index contributed by atoms with van der Waals surface area (Å²) >= 11 is 0. The van der Waals surface area contributed by atoms with Gasteiger partial charge in [0, 0.05) is 23.7 Å². The zero-order valence-corrected chi connectivity index (χ0v) is 16.5. The van der Waals surface area contributed by atoms with E-state index in [0.717, 1.165) is 17.6 Å². The van der Waals surface area contributed by atoms with E-state index in [0.29, 0.717) is 17.5 Å². The van der Waals surface area contributed by atoms with E-state index in [4.69, 9.17) is 4.74 Å². The third kappa shape index (κ3) is 3.00. The number of fused-ring (bicyclic) bond motifs is 2. The topological polar surface area (TPSA) is 51.5 Å². The lowest BCUT2D eigenvalue weighted by Gasteiger charge is -2.32. The monoisotopic (exact) mass is 356 g/mol. The first-order valence-corrected chi connectivity index (χ1v) is 9.25. The lowest BCUT2D eigenvalue weighted by Crippen LogP contribution is -2.38. The Morgan fingerprint density at radius 2 is 1.96 bits per heavy atom. The van der Waals surface area contributed by atoms with E-state index >= 15 is 0 Å². The Labute approximate surface area is 154 Å². The van der Waals surface area contributed by atoms with Gasteiger partial charge in [0.1, 0.15) is 5.60 Å². The maximum absolute atomic E-state index is 13.1. The Morgan fingerprint density at radius 3 is 2.58 bits per heavy atom. The van der Waals surface area contributed by atoms with Gasteiger partial charge < -0.3 is 9.30 Å². The number of aromatic nitrogens is 1. The Hall–Kier alpha value is -2.30. The number of benzene rings is 1. The van der Waals surface area contributed by atoms with Gasteiger partial charge in [0.25, 0.3) is 0 Å². The largest absolute Gasteiger partial charge is 0.444 e. The van der Waals surface area contributed by atoms with Gasteiger partial charge >= 0.3 is 6.09 Å². The molecule has 3 rings (SSSR count). The number of nitrogens with zero attached hydrogens (tertiary/aromatic N) is 2. The number of hydrogen-bond donors (Lipinski definition) is 0. The van der Waals surface area contributed by atoms with E-state index in [-0.39, 0.29) is 23.5 Å². The Kier molecular flexibility index (Phi) is 4.59. The van der Waals surface area contributed by atoms with Gasteiger partial charge in [-0.3, -0.25) is 9.69 Å². The maximum Gasteiger partial charge on any atom is 0.411 e. The van der Waals surface area contributed by atoms with Gasteiger partial charge in [-0.1, -0.05) is 32.4 Å². The summed E-state index contributed by atoms with van der Waals surface area (Å²) < 4.78 is 7.71. The van der Waals surface area contributed by atoms with Crippen molar-refractivity contribution in [2.75, 3.05) is 0 Å². The molecular formula is C21H28N2O3. The summed E-state index contributed by atoms with van der Waals surface area (Å²) in [7, 11) is 1.98. The molecule has 2 aromatic rings. The van der Waals surface area contributed by atoms with Crippen LogP contribution in [0, 0.1) is 5.92 Å². The minimum absolute atomic E-state index is 0.0214. The normalized spacial score (nSPS) is 18.1. The smallest absolute Gasteiger partial charge is 0.411 e. The van der Waals surface area contributed by atoms with Crippen molar-refractivity contribution in [1.29, 1.82) is 0 Å². The van der Waals surface area contributed by atoms with Crippen molar-refractivity contribution in [1.82, 2.24) is 9.47 Å². The fourth-order valence-electron chi connectivity index (χ4n) is 3.81. The van der Waals surface area contributed by atoms with Crippen LogP contribution in [-0.2, 0) is 18.3 Å². The van der Waals surface area contributed by atoms with Crippen LogP contribution in [0.4, 0.5) is 4.79 Å². The number of hydrogen-bond acceptors (Lipinski definition) is 3. The highest BCUT2D eigenvalue weighted by Gasteiger charge is 2.41. The molecule has 0 saturated carbocycles. The average molecular weight is 356 g/mol. The average Bonchev–Trinajstić information content (AvgIpc) is 2.98. The molecule has 1 aliphatic rings. The predicted octanol–water partition coefficient (Wildman–Crippen LogP) is 4.38. The molecule has 2 atom stereocenters. The van der Waals surface area contributed by atoms with Gasteiger partial charge in [0.15, 0.2) is 5.43 Å². The molecular weight excluding hydrogens is 328 g/mol.